The first-order valence-electron chi connectivity index (χ1n) is 10.7. The van der Waals surface area contributed by atoms with Crippen LogP contribution in [0.2, 0.25) is 15.1 Å². The van der Waals surface area contributed by atoms with Gasteiger partial charge >= 0.3 is 0 Å². The van der Waals surface area contributed by atoms with Crippen LogP contribution in [0.1, 0.15) is 27.2 Å². The smallest absolute Gasteiger partial charge is 0.256 e. The Morgan fingerprint density at radius 3 is 2.40 bits per heavy atom. The summed E-state index contributed by atoms with van der Waals surface area (Å²) >= 11 is 18.2. The van der Waals surface area contributed by atoms with Crippen molar-refractivity contribution in [3.05, 3.63) is 104 Å². The van der Waals surface area contributed by atoms with Crippen molar-refractivity contribution in [3.8, 4) is 11.5 Å². The summed E-state index contributed by atoms with van der Waals surface area (Å²) in [6.07, 6.45) is 0. The quantitative estimate of drug-likeness (QED) is 0.265. The van der Waals surface area contributed by atoms with Crippen LogP contribution >= 0.6 is 34.8 Å². The van der Waals surface area contributed by atoms with Gasteiger partial charge < -0.3 is 14.8 Å². The summed E-state index contributed by atoms with van der Waals surface area (Å²) in [6, 6.07) is 19.4. The van der Waals surface area contributed by atoms with Crippen LogP contribution in [0.4, 0.5) is 5.82 Å². The van der Waals surface area contributed by atoms with E-state index in [0.29, 0.717) is 44.5 Å². The van der Waals surface area contributed by atoms with Crippen molar-refractivity contribution in [2.75, 3.05) is 12.4 Å². The number of hydrogen-bond donors (Lipinski definition) is 1. The molecule has 0 saturated carbocycles. The van der Waals surface area contributed by atoms with Crippen molar-refractivity contribution in [3.63, 3.8) is 0 Å². The zero-order chi connectivity index (χ0) is 24.9. The first-order chi connectivity index (χ1) is 16.8. The van der Waals surface area contributed by atoms with Crippen molar-refractivity contribution in [2.45, 2.75) is 20.1 Å². The number of ether oxygens (including phenoxy) is 2. The number of aromatic nitrogens is 2. The largest absolute Gasteiger partial charge is 0.496 e. The van der Waals surface area contributed by atoms with Gasteiger partial charge in [-0.25, -0.2) is 0 Å². The van der Waals surface area contributed by atoms with Gasteiger partial charge in [-0.3, -0.25) is 9.48 Å². The number of carbonyl (C=O) groups is 1. The molecule has 0 aliphatic heterocycles. The van der Waals surface area contributed by atoms with E-state index in [0.717, 1.165) is 16.8 Å². The maximum absolute atomic E-state index is 13.0. The van der Waals surface area contributed by atoms with E-state index in [1.165, 1.54) is 0 Å². The molecule has 0 spiro atoms. The molecule has 0 radical (unpaired) electrons. The fourth-order valence-corrected chi connectivity index (χ4v) is 4.05. The molecule has 9 heteroatoms. The SMILES string of the molecule is COc1ccc(C(=O)Nc2cc(C)n(Cc3ccc(Cl)cc3Cl)n2)cc1COc1ccc(Cl)cc1. The van der Waals surface area contributed by atoms with Crippen LogP contribution < -0.4 is 14.8 Å². The van der Waals surface area contributed by atoms with E-state index < -0.39 is 0 Å². The van der Waals surface area contributed by atoms with Crippen molar-refractivity contribution in [1.82, 2.24) is 9.78 Å². The van der Waals surface area contributed by atoms with Crippen molar-refractivity contribution in [2.24, 2.45) is 0 Å². The van der Waals surface area contributed by atoms with Gasteiger partial charge in [-0.1, -0.05) is 40.9 Å². The first-order valence-corrected chi connectivity index (χ1v) is 11.8. The number of nitrogens with zero attached hydrogens (tertiary/aromatic N) is 2. The molecule has 0 aliphatic carbocycles. The summed E-state index contributed by atoms with van der Waals surface area (Å²) in [6.45, 7) is 2.58. The van der Waals surface area contributed by atoms with Crippen LogP contribution in [0.5, 0.6) is 11.5 Å². The molecule has 4 aromatic rings. The highest BCUT2D eigenvalue weighted by atomic mass is 35.5. The Morgan fingerprint density at radius 2 is 1.69 bits per heavy atom. The zero-order valence-electron chi connectivity index (χ0n) is 19.0. The van der Waals surface area contributed by atoms with Gasteiger partial charge in [0, 0.05) is 38.0 Å². The number of nitrogens with one attached hydrogen (secondary N) is 1. The highest BCUT2D eigenvalue weighted by molar-refractivity contribution is 6.35. The second-order valence-corrected chi connectivity index (χ2v) is 9.07. The monoisotopic (exact) mass is 529 g/mol. The molecule has 3 aromatic carbocycles. The third kappa shape index (κ3) is 6.28. The molecule has 35 heavy (non-hydrogen) atoms. The minimum Gasteiger partial charge on any atom is -0.496 e. The molecule has 1 aromatic heterocycles. The molecule has 4 rings (SSSR count). The normalized spacial score (nSPS) is 10.8. The minimum atomic E-state index is -0.297. The lowest BCUT2D eigenvalue weighted by molar-refractivity contribution is 0.102. The lowest BCUT2D eigenvalue weighted by Crippen LogP contribution is -2.14. The van der Waals surface area contributed by atoms with Crippen molar-refractivity contribution in [1.29, 1.82) is 0 Å². The first kappa shape index (κ1) is 24.9. The Labute approximate surface area is 218 Å². The fraction of sp³-hybridized carbons (Fsp3) is 0.154. The highest BCUT2D eigenvalue weighted by Crippen LogP contribution is 2.25. The van der Waals surface area contributed by atoms with Gasteiger partial charge in [0.25, 0.3) is 5.91 Å². The van der Waals surface area contributed by atoms with Gasteiger partial charge in [0.2, 0.25) is 0 Å². The second-order valence-electron chi connectivity index (χ2n) is 7.79. The number of rotatable bonds is 8. The standard InChI is InChI=1S/C26H22Cl3N3O3/c1-16-11-25(31-32(16)14-18-3-5-21(28)13-23(18)29)30-26(33)17-4-10-24(34-2)19(12-17)15-35-22-8-6-20(27)7-9-22/h3-13H,14-15H2,1-2H3,(H,30,31,33). The van der Waals surface area contributed by atoms with Crippen LogP contribution in [0.15, 0.2) is 66.7 Å². The van der Waals surface area contributed by atoms with Crippen LogP contribution in [-0.4, -0.2) is 22.8 Å². The maximum Gasteiger partial charge on any atom is 0.256 e. The van der Waals surface area contributed by atoms with Gasteiger partial charge in [-0.15, -0.1) is 0 Å². The average molecular weight is 531 g/mol. The van der Waals surface area contributed by atoms with Crippen LogP contribution in [0, 0.1) is 6.92 Å². The van der Waals surface area contributed by atoms with E-state index in [2.05, 4.69) is 10.4 Å². The fourth-order valence-electron chi connectivity index (χ4n) is 3.46. The Hall–Kier alpha value is -3.19. The Bertz CT molecular complexity index is 1350. The minimum absolute atomic E-state index is 0.224. The molecule has 0 fully saturated rings. The Morgan fingerprint density at radius 1 is 0.943 bits per heavy atom. The lowest BCUT2D eigenvalue weighted by atomic mass is 10.1. The number of methoxy groups -OCH3 is 1. The molecule has 1 amide bonds. The number of hydrogen-bond acceptors (Lipinski definition) is 4. The van der Waals surface area contributed by atoms with E-state index >= 15 is 0 Å². The zero-order valence-corrected chi connectivity index (χ0v) is 21.3. The summed E-state index contributed by atoms with van der Waals surface area (Å²) in [4.78, 5) is 13.0. The molecule has 180 valence electrons. The molecule has 0 saturated heterocycles. The van der Waals surface area contributed by atoms with Gasteiger partial charge in [0.1, 0.15) is 18.1 Å². The van der Waals surface area contributed by atoms with Crippen LogP contribution in [0.3, 0.4) is 0 Å². The van der Waals surface area contributed by atoms with E-state index in [4.69, 9.17) is 44.3 Å². The predicted octanol–water partition coefficient (Wildman–Crippen LogP) is 7.04. The Kier molecular flexibility index (Phi) is 7.86. The molecule has 6 nitrogen and oxygen atoms in total. The topological polar surface area (TPSA) is 65.4 Å². The Balaban J connectivity index is 1.47. The summed E-state index contributed by atoms with van der Waals surface area (Å²) in [7, 11) is 1.57. The lowest BCUT2D eigenvalue weighted by Gasteiger charge is -2.12. The van der Waals surface area contributed by atoms with Crippen LogP contribution in [-0.2, 0) is 13.2 Å². The molecule has 0 bridgehead atoms. The summed E-state index contributed by atoms with van der Waals surface area (Å²) in [5.41, 5.74) is 2.93. The third-order valence-corrected chi connectivity index (χ3v) is 6.15. The van der Waals surface area contributed by atoms with Crippen molar-refractivity contribution >= 4 is 46.5 Å². The summed E-state index contributed by atoms with van der Waals surface area (Å²) < 4.78 is 13.0. The number of benzene rings is 3. The molecule has 0 atom stereocenters. The molecule has 0 aliphatic rings. The molecule has 1 heterocycles. The molecule has 0 unspecified atom stereocenters. The number of aryl methyl sites for hydroxylation is 1. The number of amides is 1. The van der Waals surface area contributed by atoms with Crippen LogP contribution in [0.25, 0.3) is 0 Å². The molecular weight excluding hydrogens is 509 g/mol. The number of anilines is 1. The molecule has 1 N–H and O–H groups in total. The summed E-state index contributed by atoms with van der Waals surface area (Å²) in [5, 5.41) is 9.12. The van der Waals surface area contributed by atoms with E-state index in [1.807, 2.05) is 13.0 Å². The highest BCUT2D eigenvalue weighted by Gasteiger charge is 2.14. The second kappa shape index (κ2) is 11.0. The molecular formula is C26H22Cl3N3O3. The number of carbonyl (C=O) groups excluding carboxylic acids is 1. The van der Waals surface area contributed by atoms with Gasteiger partial charge in [0.15, 0.2) is 5.82 Å². The predicted molar refractivity (Wildman–Crippen MR) is 139 cm³/mol. The van der Waals surface area contributed by atoms with Gasteiger partial charge in [-0.05, 0) is 67.1 Å². The van der Waals surface area contributed by atoms with E-state index in [9.17, 15) is 4.79 Å². The maximum atomic E-state index is 13.0. The van der Waals surface area contributed by atoms with Gasteiger partial charge in [0.05, 0.1) is 13.7 Å². The van der Waals surface area contributed by atoms with Crippen molar-refractivity contribution < 1.29 is 14.3 Å². The summed E-state index contributed by atoms with van der Waals surface area (Å²) in [5.74, 6) is 1.42. The van der Waals surface area contributed by atoms with Gasteiger partial charge in [-0.2, -0.15) is 5.10 Å². The number of halogens is 3. The van der Waals surface area contributed by atoms with E-state index in [1.54, 1.807) is 72.5 Å². The third-order valence-electron chi connectivity index (χ3n) is 5.31. The van der Waals surface area contributed by atoms with E-state index in [-0.39, 0.29) is 12.5 Å². The average Bonchev–Trinajstić information content (AvgIpc) is 3.18.